The quantitative estimate of drug-likeness (QED) is 0.746. The minimum Gasteiger partial charge on any atom is -0.309 e. The molecule has 0 aliphatic carbocycles. The number of benzene rings is 1. The lowest BCUT2D eigenvalue weighted by molar-refractivity contribution is -0.121. The summed E-state index contributed by atoms with van der Waals surface area (Å²) >= 11 is 10.5. The van der Waals surface area contributed by atoms with Crippen molar-refractivity contribution in [2.24, 2.45) is 0 Å². The van der Waals surface area contributed by atoms with Gasteiger partial charge in [-0.2, -0.15) is 0 Å². The lowest BCUT2D eigenvalue weighted by Crippen LogP contribution is -2.51. The molecule has 1 heterocycles. The highest BCUT2D eigenvalue weighted by molar-refractivity contribution is 9.11. The van der Waals surface area contributed by atoms with Gasteiger partial charge in [0.25, 0.3) is 0 Å². The Bertz CT molecular complexity index is 468. The number of piperidine rings is 1. The highest BCUT2D eigenvalue weighted by atomic mass is 79.9. The zero-order chi connectivity index (χ0) is 14.0. The van der Waals surface area contributed by atoms with Crippen molar-refractivity contribution in [3.8, 4) is 0 Å². The molecule has 1 saturated heterocycles. The molecule has 0 bridgehead atoms. The van der Waals surface area contributed by atoms with Gasteiger partial charge in [-0.3, -0.25) is 4.79 Å². The average molecular weight is 455 g/mol. The number of amides is 1. The van der Waals surface area contributed by atoms with Crippen LogP contribution in [0.5, 0.6) is 0 Å². The van der Waals surface area contributed by atoms with E-state index in [0.29, 0.717) is 0 Å². The van der Waals surface area contributed by atoms with E-state index >= 15 is 0 Å². The molecule has 1 fully saturated rings. The maximum atomic E-state index is 12.5. The Hall–Kier alpha value is 0.0900. The van der Waals surface area contributed by atoms with E-state index in [1.807, 2.05) is 24.0 Å². The fraction of sp³-hybridized carbons (Fsp3) is 0.462. The van der Waals surface area contributed by atoms with Crippen LogP contribution in [0.15, 0.2) is 25.6 Å². The first-order valence-corrected chi connectivity index (χ1v) is 8.61. The minimum absolute atomic E-state index is 0.0683. The van der Waals surface area contributed by atoms with Gasteiger partial charge >= 0.3 is 0 Å². The van der Waals surface area contributed by atoms with Crippen LogP contribution in [0.25, 0.3) is 0 Å². The third kappa shape index (κ3) is 3.40. The Balaban J connectivity index is 2.33. The van der Waals surface area contributed by atoms with Crippen molar-refractivity contribution in [3.63, 3.8) is 0 Å². The number of anilines is 1. The first-order chi connectivity index (χ1) is 9.04. The number of carbonyl (C=O) groups is 1. The van der Waals surface area contributed by atoms with E-state index in [9.17, 15) is 4.79 Å². The summed E-state index contributed by atoms with van der Waals surface area (Å²) in [6.45, 7) is 3.60. The van der Waals surface area contributed by atoms with Gasteiger partial charge in [0.2, 0.25) is 5.91 Å². The topological polar surface area (TPSA) is 32.3 Å². The molecule has 2 rings (SSSR count). The summed E-state index contributed by atoms with van der Waals surface area (Å²) < 4.78 is 2.81. The van der Waals surface area contributed by atoms with Gasteiger partial charge in [0, 0.05) is 20.0 Å². The van der Waals surface area contributed by atoms with E-state index in [1.165, 1.54) is 0 Å². The molecule has 19 heavy (non-hydrogen) atoms. The van der Waals surface area contributed by atoms with Crippen molar-refractivity contribution in [2.75, 3.05) is 18.0 Å². The molecule has 104 valence electrons. The van der Waals surface area contributed by atoms with Gasteiger partial charge in [-0.15, -0.1) is 0 Å². The normalized spacial score (nSPS) is 19.9. The van der Waals surface area contributed by atoms with Crippen molar-refractivity contribution in [1.29, 1.82) is 0 Å². The number of halogens is 3. The largest absolute Gasteiger partial charge is 0.309 e. The van der Waals surface area contributed by atoms with Gasteiger partial charge in [-0.05, 0) is 63.4 Å². The molecular weight excluding hydrogens is 440 g/mol. The van der Waals surface area contributed by atoms with E-state index < -0.39 is 0 Å². The van der Waals surface area contributed by atoms with E-state index in [0.717, 1.165) is 45.0 Å². The third-order valence-electron chi connectivity index (χ3n) is 3.14. The Morgan fingerprint density at radius 3 is 2.53 bits per heavy atom. The molecule has 1 N–H and O–H groups in total. The number of nitrogens with zero attached hydrogens (tertiary/aromatic N) is 1. The summed E-state index contributed by atoms with van der Waals surface area (Å²) in [4.78, 5) is 14.4. The monoisotopic (exact) mass is 452 g/mol. The van der Waals surface area contributed by atoms with Gasteiger partial charge in [0.05, 0.1) is 11.7 Å². The summed E-state index contributed by atoms with van der Waals surface area (Å²) in [5.41, 5.74) is 0.913. The molecule has 0 radical (unpaired) electrons. The van der Waals surface area contributed by atoms with E-state index in [4.69, 9.17) is 0 Å². The van der Waals surface area contributed by atoms with Crippen LogP contribution in [0, 0.1) is 0 Å². The van der Waals surface area contributed by atoms with Crippen molar-refractivity contribution >= 4 is 59.4 Å². The molecule has 0 aromatic heterocycles. The van der Waals surface area contributed by atoms with Crippen molar-refractivity contribution in [2.45, 2.75) is 25.8 Å². The van der Waals surface area contributed by atoms with Crippen LogP contribution in [0.2, 0.25) is 0 Å². The van der Waals surface area contributed by atoms with Crippen LogP contribution in [0.4, 0.5) is 5.69 Å². The molecule has 1 unspecified atom stereocenters. The average Bonchev–Trinajstić information content (AvgIpc) is 2.32. The number of rotatable bonds is 3. The molecule has 0 spiro atoms. The zero-order valence-electron chi connectivity index (χ0n) is 10.5. The molecule has 1 amide bonds. The fourth-order valence-corrected chi connectivity index (χ4v) is 5.01. The smallest absolute Gasteiger partial charge is 0.244 e. The van der Waals surface area contributed by atoms with Crippen LogP contribution in [0.3, 0.4) is 0 Å². The summed E-state index contributed by atoms with van der Waals surface area (Å²) in [5, 5.41) is 3.25. The number of hydrogen-bond donors (Lipinski definition) is 1. The third-order valence-corrected chi connectivity index (χ3v) is 4.81. The fourth-order valence-electron chi connectivity index (χ4n) is 2.33. The molecule has 1 aromatic rings. The summed E-state index contributed by atoms with van der Waals surface area (Å²) in [6.07, 6.45) is 1.92. The number of hydrogen-bond acceptors (Lipinski definition) is 2. The summed E-state index contributed by atoms with van der Waals surface area (Å²) in [6, 6.07) is 3.86. The minimum atomic E-state index is -0.0683. The maximum Gasteiger partial charge on any atom is 0.244 e. The molecule has 1 aliphatic rings. The number of likely N-dealkylation sites (N-methyl/N-ethyl adjacent to an activating group) is 1. The van der Waals surface area contributed by atoms with Crippen LogP contribution in [0.1, 0.15) is 19.8 Å². The Labute approximate surface area is 138 Å². The van der Waals surface area contributed by atoms with Gasteiger partial charge in [0.15, 0.2) is 0 Å². The number of nitrogens with one attached hydrogen (secondary N) is 1. The van der Waals surface area contributed by atoms with Crippen molar-refractivity contribution in [1.82, 2.24) is 5.32 Å². The molecule has 6 heteroatoms. The van der Waals surface area contributed by atoms with Gasteiger partial charge < -0.3 is 10.2 Å². The van der Waals surface area contributed by atoms with E-state index in [1.54, 1.807) is 0 Å². The second-order valence-electron chi connectivity index (χ2n) is 4.46. The number of carbonyl (C=O) groups excluding carboxylic acids is 1. The van der Waals surface area contributed by atoms with E-state index in [-0.39, 0.29) is 11.9 Å². The summed E-state index contributed by atoms with van der Waals surface area (Å²) in [7, 11) is 0. The van der Waals surface area contributed by atoms with Crippen molar-refractivity contribution in [3.05, 3.63) is 25.6 Å². The second-order valence-corrected chi connectivity index (χ2v) is 7.08. The standard InChI is InChI=1S/C13H15Br3N2O/c1-2-17-11-4-3-5-18(13(11)19)12-9(15)6-8(14)7-10(12)16/h6-7,11,17H,2-5H2,1H3. The maximum absolute atomic E-state index is 12.5. The van der Waals surface area contributed by atoms with Gasteiger partial charge in [-0.1, -0.05) is 22.9 Å². The van der Waals surface area contributed by atoms with Crippen LogP contribution in [-0.4, -0.2) is 25.0 Å². The first kappa shape index (κ1) is 15.5. The predicted octanol–water partition coefficient (Wildman–Crippen LogP) is 4.08. The SMILES string of the molecule is CCNC1CCCN(c2c(Br)cc(Br)cc2Br)C1=O. The van der Waals surface area contributed by atoms with Crippen LogP contribution < -0.4 is 10.2 Å². The highest BCUT2D eigenvalue weighted by Gasteiger charge is 2.31. The van der Waals surface area contributed by atoms with E-state index in [2.05, 4.69) is 53.1 Å². The molecule has 1 aliphatic heterocycles. The van der Waals surface area contributed by atoms with Gasteiger partial charge in [-0.25, -0.2) is 0 Å². The predicted molar refractivity (Wildman–Crippen MR) is 88.6 cm³/mol. The molecule has 0 saturated carbocycles. The molecule has 1 atom stereocenters. The zero-order valence-corrected chi connectivity index (χ0v) is 15.3. The van der Waals surface area contributed by atoms with Crippen LogP contribution in [-0.2, 0) is 4.79 Å². The Morgan fingerprint density at radius 2 is 1.95 bits per heavy atom. The first-order valence-electron chi connectivity index (χ1n) is 6.24. The Kier molecular flexibility index (Phi) is 5.45. The molecular formula is C13H15Br3N2O. The van der Waals surface area contributed by atoms with Crippen LogP contribution >= 0.6 is 47.8 Å². The summed E-state index contributed by atoms with van der Waals surface area (Å²) in [5.74, 6) is 0.150. The molecule has 3 nitrogen and oxygen atoms in total. The van der Waals surface area contributed by atoms with Gasteiger partial charge in [0.1, 0.15) is 0 Å². The Morgan fingerprint density at radius 1 is 1.32 bits per heavy atom. The lowest BCUT2D eigenvalue weighted by atomic mass is 10.0. The lowest BCUT2D eigenvalue weighted by Gasteiger charge is -2.33. The highest BCUT2D eigenvalue weighted by Crippen LogP contribution is 2.38. The van der Waals surface area contributed by atoms with Crippen molar-refractivity contribution < 1.29 is 4.79 Å². The molecule has 1 aromatic carbocycles. The second kappa shape index (κ2) is 6.70.